The first-order chi connectivity index (χ1) is 22.3. The molecule has 4 aliphatic rings. The van der Waals surface area contributed by atoms with Crippen molar-refractivity contribution in [3.8, 4) is 11.5 Å². The lowest BCUT2D eigenvalue weighted by atomic mass is 9.82. The van der Waals surface area contributed by atoms with E-state index in [1.165, 1.54) is 18.2 Å². The molecule has 3 aliphatic heterocycles. The van der Waals surface area contributed by atoms with Crippen molar-refractivity contribution in [3.63, 3.8) is 0 Å². The van der Waals surface area contributed by atoms with E-state index in [1.54, 1.807) is 0 Å². The summed E-state index contributed by atoms with van der Waals surface area (Å²) in [7, 11) is 0. The zero-order chi connectivity index (χ0) is 32.6. The number of carboxylic acid groups (broad SMARTS) is 1. The lowest BCUT2D eigenvalue weighted by Crippen LogP contribution is -2.37. The molecule has 3 heterocycles. The third kappa shape index (κ3) is 7.68. The van der Waals surface area contributed by atoms with E-state index >= 15 is 0 Å². The molecule has 46 heavy (non-hydrogen) atoms. The van der Waals surface area contributed by atoms with Gasteiger partial charge in [0, 0.05) is 57.2 Å². The van der Waals surface area contributed by atoms with Crippen LogP contribution in [0, 0.1) is 11.8 Å². The van der Waals surface area contributed by atoms with Gasteiger partial charge in [-0.25, -0.2) is 4.79 Å². The summed E-state index contributed by atoms with van der Waals surface area (Å²) in [6, 6.07) is 6.46. The van der Waals surface area contributed by atoms with E-state index in [9.17, 15) is 29.1 Å². The highest BCUT2D eigenvalue weighted by atomic mass is 16.5. The minimum Gasteiger partial charge on any atom is -0.478 e. The van der Waals surface area contributed by atoms with Gasteiger partial charge in [0.2, 0.25) is 5.78 Å². The molecule has 1 aliphatic carbocycles. The third-order valence-electron chi connectivity index (χ3n) is 8.37. The first-order valence-corrected chi connectivity index (χ1v) is 15.4. The number of morpholine rings is 1. The van der Waals surface area contributed by atoms with Crippen molar-refractivity contribution < 1.29 is 57.9 Å². The number of esters is 2. The third-order valence-corrected chi connectivity index (χ3v) is 8.37. The van der Waals surface area contributed by atoms with Gasteiger partial charge in [0.05, 0.1) is 48.3 Å². The van der Waals surface area contributed by atoms with Crippen LogP contribution in [-0.4, -0.2) is 110 Å². The molecule has 6 rings (SSSR count). The molecule has 2 N–H and O–H groups in total. The first-order valence-electron chi connectivity index (χ1n) is 15.4. The fraction of sp³-hybridized carbons (Fsp3) is 0.485. The maximum absolute atomic E-state index is 13.8. The Bertz CT molecular complexity index is 1470. The van der Waals surface area contributed by atoms with E-state index in [-0.39, 0.29) is 45.9 Å². The van der Waals surface area contributed by atoms with Crippen LogP contribution >= 0.6 is 0 Å². The van der Waals surface area contributed by atoms with Gasteiger partial charge >= 0.3 is 17.9 Å². The Morgan fingerprint density at radius 2 is 1.28 bits per heavy atom. The molecular formula is C33H37NO12. The number of nitrogens with zero attached hydrogens (tertiary/aromatic N) is 1. The fourth-order valence-electron chi connectivity index (χ4n) is 5.76. The molecular weight excluding hydrogens is 602 g/mol. The fourth-order valence-corrected chi connectivity index (χ4v) is 5.76. The van der Waals surface area contributed by atoms with E-state index in [4.69, 9.17) is 28.8 Å². The van der Waals surface area contributed by atoms with Gasteiger partial charge in [-0.2, -0.15) is 0 Å². The highest BCUT2D eigenvalue weighted by Crippen LogP contribution is 2.39. The van der Waals surface area contributed by atoms with Crippen LogP contribution in [0.2, 0.25) is 0 Å². The number of carboxylic acids is 1. The zero-order valence-corrected chi connectivity index (χ0v) is 25.4. The summed E-state index contributed by atoms with van der Waals surface area (Å²) >= 11 is 0. The van der Waals surface area contributed by atoms with Crippen LogP contribution in [-0.2, 0) is 23.8 Å². The molecule has 3 saturated heterocycles. The predicted octanol–water partition coefficient (Wildman–Crippen LogP) is 2.14. The average Bonchev–Trinajstić information content (AvgIpc) is 3.08. The number of hydrogen-bond donors (Lipinski definition) is 2. The number of benzene rings is 2. The molecule has 13 nitrogen and oxygen atoms in total. The Kier molecular flexibility index (Phi) is 11.3. The van der Waals surface area contributed by atoms with Gasteiger partial charge in [0.15, 0.2) is 5.78 Å². The number of β-amino-alcohol motifs (C(OH)–C–C–N with tert-alkyl or cyclic N) is 1. The Morgan fingerprint density at radius 1 is 0.739 bits per heavy atom. The van der Waals surface area contributed by atoms with Gasteiger partial charge in [0.25, 0.3) is 0 Å². The molecule has 0 aromatic heterocycles. The molecule has 0 saturated carbocycles. The van der Waals surface area contributed by atoms with Crippen LogP contribution in [0.15, 0.2) is 30.3 Å². The number of rotatable bonds is 7. The van der Waals surface area contributed by atoms with Gasteiger partial charge in [-0.05, 0) is 43.9 Å². The lowest BCUT2D eigenvalue weighted by Gasteiger charge is -2.25. The van der Waals surface area contributed by atoms with Gasteiger partial charge < -0.3 is 33.9 Å². The number of ether oxygens (including phenoxy) is 5. The van der Waals surface area contributed by atoms with Crippen LogP contribution < -0.4 is 9.47 Å². The molecule has 2 aromatic carbocycles. The van der Waals surface area contributed by atoms with E-state index in [1.807, 2.05) is 0 Å². The number of fused-ring (bicyclic) bond motifs is 2. The number of ketones is 2. The molecule has 0 unspecified atom stereocenters. The normalized spacial score (nSPS) is 18.9. The van der Waals surface area contributed by atoms with Gasteiger partial charge in [0.1, 0.15) is 11.5 Å². The molecule has 13 heteroatoms. The number of carbonyl (C=O) groups excluding carboxylic acids is 4. The van der Waals surface area contributed by atoms with Gasteiger partial charge in [-0.3, -0.25) is 24.1 Å². The van der Waals surface area contributed by atoms with Crippen LogP contribution in [0.25, 0.3) is 0 Å². The monoisotopic (exact) mass is 639 g/mol. The van der Waals surface area contributed by atoms with Crippen molar-refractivity contribution in [1.29, 1.82) is 0 Å². The SMILES string of the molecule is O=C(O)c1cc(OC(=O)C2CCOCC2)c2c(c1)C(=O)c1cccc(OC(=O)C3CCOCC3)c1C2=O.OCCN1CCOCC1. The lowest BCUT2D eigenvalue weighted by molar-refractivity contribution is -0.142. The van der Waals surface area contributed by atoms with Crippen molar-refractivity contribution in [2.45, 2.75) is 25.7 Å². The van der Waals surface area contributed by atoms with Crippen LogP contribution in [0.1, 0.15) is 67.9 Å². The Morgan fingerprint density at radius 3 is 1.85 bits per heavy atom. The molecule has 0 spiro atoms. The minimum atomic E-state index is -1.35. The van der Waals surface area contributed by atoms with E-state index < -0.39 is 41.3 Å². The Balaban J connectivity index is 0.000000400. The largest absolute Gasteiger partial charge is 0.478 e. The molecule has 246 valence electrons. The van der Waals surface area contributed by atoms with E-state index in [0.717, 1.165) is 45.0 Å². The molecule has 0 atom stereocenters. The summed E-state index contributed by atoms with van der Waals surface area (Å²) in [6.07, 6.45) is 1.80. The van der Waals surface area contributed by atoms with E-state index in [0.29, 0.717) is 52.1 Å². The van der Waals surface area contributed by atoms with Crippen molar-refractivity contribution in [3.05, 3.63) is 58.1 Å². The molecule has 0 radical (unpaired) electrons. The summed E-state index contributed by atoms with van der Waals surface area (Å²) in [5, 5.41) is 18.1. The minimum absolute atomic E-state index is 0.0287. The predicted molar refractivity (Wildman–Crippen MR) is 159 cm³/mol. The van der Waals surface area contributed by atoms with Crippen molar-refractivity contribution in [1.82, 2.24) is 4.90 Å². The molecule has 2 aromatic rings. The number of carbonyl (C=O) groups is 5. The zero-order valence-electron chi connectivity index (χ0n) is 25.4. The van der Waals surface area contributed by atoms with Crippen molar-refractivity contribution in [2.75, 3.05) is 65.9 Å². The summed E-state index contributed by atoms with van der Waals surface area (Å²) in [6.45, 7) is 6.24. The number of hydrogen-bond acceptors (Lipinski definition) is 12. The van der Waals surface area contributed by atoms with Crippen LogP contribution in [0.5, 0.6) is 11.5 Å². The molecule has 0 amide bonds. The maximum atomic E-state index is 13.8. The second-order valence-electron chi connectivity index (χ2n) is 11.3. The Hall–Kier alpha value is -4.01. The van der Waals surface area contributed by atoms with E-state index in [2.05, 4.69) is 4.90 Å². The second-order valence-corrected chi connectivity index (χ2v) is 11.3. The summed E-state index contributed by atoms with van der Waals surface area (Å²) in [5.41, 5.74) is -0.899. The van der Waals surface area contributed by atoms with Crippen LogP contribution in [0.3, 0.4) is 0 Å². The first kappa shape index (κ1) is 33.4. The average molecular weight is 640 g/mol. The second kappa shape index (κ2) is 15.5. The number of aliphatic hydroxyl groups excluding tert-OH is 1. The maximum Gasteiger partial charge on any atom is 0.335 e. The topological polar surface area (TPSA) is 175 Å². The van der Waals surface area contributed by atoms with Gasteiger partial charge in [-0.15, -0.1) is 0 Å². The quantitative estimate of drug-likeness (QED) is 0.284. The Labute approximate surface area is 265 Å². The highest BCUT2D eigenvalue weighted by molar-refractivity contribution is 6.30. The van der Waals surface area contributed by atoms with Gasteiger partial charge in [-0.1, -0.05) is 12.1 Å². The summed E-state index contributed by atoms with van der Waals surface area (Å²) in [5.74, 6) is -5.16. The molecule has 0 bridgehead atoms. The number of aromatic carboxylic acids is 1. The summed E-state index contributed by atoms with van der Waals surface area (Å²) in [4.78, 5) is 66.8. The molecule has 3 fully saturated rings. The summed E-state index contributed by atoms with van der Waals surface area (Å²) < 4.78 is 26.8. The standard InChI is InChI=1S/C27H24O10.C6H13NO2/c28-23-17-2-1-3-19(36-26(32)14-4-8-34-9-5-14)21(17)24(29)22-18(23)12-16(25(30)31)13-20(22)37-27(33)15-6-10-35-11-7-15;8-4-1-7-2-5-9-6-3-7/h1-3,12-15H,4-11H2,(H,30,31);8H,1-6H2. The number of aliphatic hydroxyl groups is 1. The van der Waals surface area contributed by atoms with Crippen molar-refractivity contribution >= 4 is 29.5 Å². The van der Waals surface area contributed by atoms with Crippen molar-refractivity contribution in [2.24, 2.45) is 11.8 Å². The highest BCUT2D eigenvalue weighted by Gasteiger charge is 2.38. The van der Waals surface area contributed by atoms with Crippen LogP contribution in [0.4, 0.5) is 0 Å². The smallest absolute Gasteiger partial charge is 0.335 e.